The van der Waals surface area contributed by atoms with E-state index in [1.807, 2.05) is 31.3 Å². The Labute approximate surface area is 122 Å². The lowest BCUT2D eigenvalue weighted by atomic mass is 10.1. The average Bonchev–Trinajstić information content (AvgIpc) is 2.42. The summed E-state index contributed by atoms with van der Waals surface area (Å²) in [6, 6.07) is 14.3. The van der Waals surface area contributed by atoms with Gasteiger partial charge in [0.15, 0.2) is 0 Å². The molecule has 100 valence electrons. The van der Waals surface area contributed by atoms with Crippen LogP contribution >= 0.6 is 15.9 Å². The third-order valence-corrected chi connectivity index (χ3v) is 3.42. The summed E-state index contributed by atoms with van der Waals surface area (Å²) in [6.07, 6.45) is 1.01. The van der Waals surface area contributed by atoms with Crippen LogP contribution in [0.15, 0.2) is 46.9 Å². The van der Waals surface area contributed by atoms with Crippen molar-refractivity contribution < 1.29 is 4.74 Å². The van der Waals surface area contributed by atoms with E-state index < -0.39 is 0 Å². The molecule has 2 aromatic rings. The molecular formula is C16H18BrNO. The van der Waals surface area contributed by atoms with E-state index in [9.17, 15) is 0 Å². The van der Waals surface area contributed by atoms with Gasteiger partial charge in [0.2, 0.25) is 0 Å². The normalized spacial score (nSPS) is 10.5. The molecule has 0 radical (unpaired) electrons. The predicted molar refractivity (Wildman–Crippen MR) is 82.8 cm³/mol. The van der Waals surface area contributed by atoms with Crippen molar-refractivity contribution in [2.45, 2.75) is 19.9 Å². The van der Waals surface area contributed by atoms with Gasteiger partial charge in [-0.2, -0.15) is 0 Å². The van der Waals surface area contributed by atoms with Crippen LogP contribution in [0.4, 0.5) is 0 Å². The molecule has 0 spiro atoms. The van der Waals surface area contributed by atoms with Gasteiger partial charge in [-0.05, 0) is 49.4 Å². The standard InChI is InChI=1S/C16H18BrNO/c1-3-12-5-4-6-15(9-12)19-16-8-7-14(17)10-13(16)11-18-2/h4-10,18H,3,11H2,1-2H3. The zero-order valence-electron chi connectivity index (χ0n) is 11.2. The highest BCUT2D eigenvalue weighted by Crippen LogP contribution is 2.28. The first-order chi connectivity index (χ1) is 9.22. The van der Waals surface area contributed by atoms with Crippen molar-refractivity contribution in [3.05, 3.63) is 58.1 Å². The Morgan fingerprint density at radius 1 is 1.16 bits per heavy atom. The van der Waals surface area contributed by atoms with Crippen LogP contribution in [-0.2, 0) is 13.0 Å². The first-order valence-electron chi connectivity index (χ1n) is 6.42. The number of halogens is 1. The highest BCUT2D eigenvalue weighted by atomic mass is 79.9. The van der Waals surface area contributed by atoms with Crippen LogP contribution in [-0.4, -0.2) is 7.05 Å². The molecule has 0 aliphatic carbocycles. The summed E-state index contributed by atoms with van der Waals surface area (Å²) in [7, 11) is 1.93. The van der Waals surface area contributed by atoms with Crippen molar-refractivity contribution >= 4 is 15.9 Å². The van der Waals surface area contributed by atoms with Crippen LogP contribution < -0.4 is 10.1 Å². The van der Waals surface area contributed by atoms with E-state index >= 15 is 0 Å². The van der Waals surface area contributed by atoms with Crippen molar-refractivity contribution in [3.8, 4) is 11.5 Å². The molecular weight excluding hydrogens is 302 g/mol. The van der Waals surface area contributed by atoms with Gasteiger partial charge in [0.05, 0.1) is 0 Å². The Morgan fingerprint density at radius 2 is 2.00 bits per heavy atom. The molecule has 2 rings (SSSR count). The minimum atomic E-state index is 0.780. The van der Waals surface area contributed by atoms with Crippen molar-refractivity contribution in [1.29, 1.82) is 0 Å². The summed E-state index contributed by atoms with van der Waals surface area (Å²) < 4.78 is 7.06. The third-order valence-electron chi connectivity index (χ3n) is 2.92. The van der Waals surface area contributed by atoms with Gasteiger partial charge in [-0.3, -0.25) is 0 Å². The summed E-state index contributed by atoms with van der Waals surface area (Å²) >= 11 is 3.49. The van der Waals surface area contributed by atoms with E-state index in [-0.39, 0.29) is 0 Å². The largest absolute Gasteiger partial charge is 0.457 e. The molecule has 3 heteroatoms. The van der Waals surface area contributed by atoms with E-state index in [0.29, 0.717) is 0 Å². The SMILES string of the molecule is CCc1cccc(Oc2ccc(Br)cc2CNC)c1. The van der Waals surface area contributed by atoms with E-state index in [1.54, 1.807) is 0 Å². The number of hydrogen-bond donors (Lipinski definition) is 1. The van der Waals surface area contributed by atoms with Crippen LogP contribution in [0.1, 0.15) is 18.1 Å². The second kappa shape index (κ2) is 6.73. The topological polar surface area (TPSA) is 21.3 Å². The van der Waals surface area contributed by atoms with E-state index in [2.05, 4.69) is 46.4 Å². The van der Waals surface area contributed by atoms with E-state index in [1.165, 1.54) is 5.56 Å². The van der Waals surface area contributed by atoms with Crippen molar-refractivity contribution in [2.75, 3.05) is 7.05 Å². The number of rotatable bonds is 5. The summed E-state index contributed by atoms with van der Waals surface area (Å²) in [5.41, 5.74) is 2.42. The van der Waals surface area contributed by atoms with Gasteiger partial charge < -0.3 is 10.1 Å². The van der Waals surface area contributed by atoms with Crippen LogP contribution in [0.5, 0.6) is 11.5 Å². The van der Waals surface area contributed by atoms with Gasteiger partial charge in [-0.15, -0.1) is 0 Å². The molecule has 1 N–H and O–H groups in total. The zero-order valence-corrected chi connectivity index (χ0v) is 12.8. The Morgan fingerprint density at radius 3 is 2.74 bits per heavy atom. The predicted octanol–water partition coefficient (Wildman–Crippen LogP) is 4.52. The summed E-state index contributed by atoms with van der Waals surface area (Å²) in [4.78, 5) is 0. The minimum Gasteiger partial charge on any atom is -0.457 e. The average molecular weight is 320 g/mol. The van der Waals surface area contributed by atoms with Crippen molar-refractivity contribution in [1.82, 2.24) is 5.32 Å². The summed E-state index contributed by atoms with van der Waals surface area (Å²) in [5.74, 6) is 1.78. The highest BCUT2D eigenvalue weighted by Gasteiger charge is 2.05. The molecule has 0 heterocycles. The fourth-order valence-electron chi connectivity index (χ4n) is 1.93. The number of hydrogen-bond acceptors (Lipinski definition) is 2. The summed E-state index contributed by atoms with van der Waals surface area (Å²) in [6.45, 7) is 2.92. The third kappa shape index (κ3) is 3.82. The molecule has 0 fully saturated rings. The molecule has 0 atom stereocenters. The van der Waals surface area contributed by atoms with E-state index in [4.69, 9.17) is 4.74 Å². The second-order valence-corrected chi connectivity index (χ2v) is 5.30. The number of benzene rings is 2. The fourth-order valence-corrected chi connectivity index (χ4v) is 2.34. The molecule has 0 saturated heterocycles. The lowest BCUT2D eigenvalue weighted by molar-refractivity contribution is 0.473. The van der Waals surface area contributed by atoms with Crippen LogP contribution in [0.2, 0.25) is 0 Å². The first kappa shape index (κ1) is 14.1. The van der Waals surface area contributed by atoms with E-state index in [0.717, 1.165) is 34.5 Å². The Balaban J connectivity index is 2.26. The molecule has 2 nitrogen and oxygen atoms in total. The number of nitrogens with one attached hydrogen (secondary N) is 1. The maximum absolute atomic E-state index is 6.00. The minimum absolute atomic E-state index is 0.780. The van der Waals surface area contributed by atoms with Gasteiger partial charge in [-0.1, -0.05) is 35.0 Å². The lowest BCUT2D eigenvalue weighted by Gasteiger charge is -2.12. The van der Waals surface area contributed by atoms with Crippen LogP contribution in [0.25, 0.3) is 0 Å². The fraction of sp³-hybridized carbons (Fsp3) is 0.250. The van der Waals surface area contributed by atoms with Gasteiger partial charge >= 0.3 is 0 Å². The van der Waals surface area contributed by atoms with Crippen molar-refractivity contribution in [2.24, 2.45) is 0 Å². The Bertz CT molecular complexity index is 554. The molecule has 0 aliphatic rings. The summed E-state index contributed by atoms with van der Waals surface area (Å²) in [5, 5.41) is 3.16. The number of ether oxygens (including phenoxy) is 1. The first-order valence-corrected chi connectivity index (χ1v) is 7.22. The quantitative estimate of drug-likeness (QED) is 0.874. The van der Waals surface area contributed by atoms with Gasteiger partial charge in [0, 0.05) is 16.6 Å². The molecule has 19 heavy (non-hydrogen) atoms. The lowest BCUT2D eigenvalue weighted by Crippen LogP contribution is -2.06. The Kier molecular flexibility index (Phi) is 5.00. The highest BCUT2D eigenvalue weighted by molar-refractivity contribution is 9.10. The number of aryl methyl sites for hydroxylation is 1. The maximum atomic E-state index is 6.00. The maximum Gasteiger partial charge on any atom is 0.131 e. The molecule has 0 aliphatic heterocycles. The molecule has 0 aromatic heterocycles. The molecule has 0 saturated carbocycles. The molecule has 2 aromatic carbocycles. The molecule has 0 unspecified atom stereocenters. The van der Waals surface area contributed by atoms with Gasteiger partial charge in [0.25, 0.3) is 0 Å². The smallest absolute Gasteiger partial charge is 0.131 e. The molecule has 0 amide bonds. The second-order valence-electron chi connectivity index (χ2n) is 4.39. The van der Waals surface area contributed by atoms with Gasteiger partial charge in [0.1, 0.15) is 11.5 Å². The monoisotopic (exact) mass is 319 g/mol. The van der Waals surface area contributed by atoms with Crippen LogP contribution in [0.3, 0.4) is 0 Å². The van der Waals surface area contributed by atoms with Gasteiger partial charge in [-0.25, -0.2) is 0 Å². The molecule has 0 bridgehead atoms. The zero-order chi connectivity index (χ0) is 13.7. The van der Waals surface area contributed by atoms with Crippen molar-refractivity contribution in [3.63, 3.8) is 0 Å². The Hall–Kier alpha value is -1.32. The van der Waals surface area contributed by atoms with Crippen LogP contribution in [0, 0.1) is 0 Å².